The van der Waals surface area contributed by atoms with Crippen molar-refractivity contribution in [3.63, 3.8) is 0 Å². The number of nitrogens with two attached hydrogens (primary N) is 1. The summed E-state index contributed by atoms with van der Waals surface area (Å²) in [5.41, 5.74) is 5.26. The molecule has 0 bridgehead atoms. The van der Waals surface area contributed by atoms with E-state index in [1.165, 1.54) is 28.6 Å². The van der Waals surface area contributed by atoms with E-state index in [9.17, 15) is 18.0 Å². The third-order valence-corrected chi connectivity index (χ3v) is 5.40. The Morgan fingerprint density at radius 3 is 2.38 bits per heavy atom. The van der Waals surface area contributed by atoms with Crippen LogP contribution in [0.3, 0.4) is 0 Å². The van der Waals surface area contributed by atoms with E-state index in [2.05, 4.69) is 0 Å². The molecule has 8 heteroatoms. The summed E-state index contributed by atoms with van der Waals surface area (Å²) in [5, 5.41) is 8.81. The number of benzene rings is 1. The lowest BCUT2D eigenvalue weighted by Gasteiger charge is -2.30. The van der Waals surface area contributed by atoms with Crippen molar-refractivity contribution >= 4 is 21.9 Å². The van der Waals surface area contributed by atoms with Crippen LogP contribution in [0.5, 0.6) is 0 Å². The number of aromatic carboxylic acids is 1. The Hall–Kier alpha value is -1.93. The molecule has 7 nitrogen and oxygen atoms in total. The molecule has 3 N–H and O–H groups in total. The van der Waals surface area contributed by atoms with Crippen molar-refractivity contribution in [3.8, 4) is 0 Å². The van der Waals surface area contributed by atoms with E-state index >= 15 is 0 Å². The van der Waals surface area contributed by atoms with Crippen LogP contribution in [0.4, 0.5) is 0 Å². The highest BCUT2D eigenvalue weighted by atomic mass is 32.2. The summed E-state index contributed by atoms with van der Waals surface area (Å²) in [7, 11) is -3.74. The molecule has 1 saturated heterocycles. The number of sulfonamides is 1. The second-order valence-electron chi connectivity index (χ2n) is 4.93. The van der Waals surface area contributed by atoms with Crippen LogP contribution in [0.15, 0.2) is 29.2 Å². The van der Waals surface area contributed by atoms with Crippen molar-refractivity contribution in [1.29, 1.82) is 0 Å². The van der Waals surface area contributed by atoms with Crippen LogP contribution < -0.4 is 5.73 Å². The van der Waals surface area contributed by atoms with Gasteiger partial charge >= 0.3 is 5.97 Å². The first-order valence-electron chi connectivity index (χ1n) is 6.45. The zero-order valence-electron chi connectivity index (χ0n) is 11.2. The Morgan fingerprint density at radius 2 is 1.86 bits per heavy atom. The number of carbonyl (C=O) groups excluding carboxylic acids is 1. The standard InChI is InChI=1S/C13H16N2O5S/c14-12(16)10-2-1-7-15(8-10)21(19,20)11-5-3-9(4-6-11)13(17)18/h3-6,10H,1-2,7-8H2,(H2,14,16)(H,17,18)/t10-/m0/s1. The van der Waals surface area contributed by atoms with Crippen LogP contribution >= 0.6 is 0 Å². The quantitative estimate of drug-likeness (QED) is 0.827. The van der Waals surface area contributed by atoms with Gasteiger partial charge in [-0.25, -0.2) is 13.2 Å². The smallest absolute Gasteiger partial charge is 0.335 e. The summed E-state index contributed by atoms with van der Waals surface area (Å²) < 4.78 is 26.1. The maximum absolute atomic E-state index is 12.5. The van der Waals surface area contributed by atoms with Crippen molar-refractivity contribution in [2.75, 3.05) is 13.1 Å². The van der Waals surface area contributed by atoms with E-state index in [0.717, 1.165) is 0 Å². The zero-order valence-corrected chi connectivity index (χ0v) is 12.0. The van der Waals surface area contributed by atoms with Gasteiger partial charge in [0.1, 0.15) is 0 Å². The van der Waals surface area contributed by atoms with Gasteiger partial charge in [0.2, 0.25) is 15.9 Å². The fourth-order valence-electron chi connectivity index (χ4n) is 2.31. The maximum atomic E-state index is 12.5. The molecule has 1 atom stereocenters. The third-order valence-electron chi connectivity index (χ3n) is 3.53. The van der Waals surface area contributed by atoms with Crippen LogP contribution in [0.2, 0.25) is 0 Å². The Morgan fingerprint density at radius 1 is 1.24 bits per heavy atom. The average Bonchev–Trinajstić information content (AvgIpc) is 2.47. The molecule has 1 aliphatic rings. The van der Waals surface area contributed by atoms with Crippen LogP contribution in [0.25, 0.3) is 0 Å². The molecule has 2 rings (SSSR count). The highest BCUT2D eigenvalue weighted by molar-refractivity contribution is 7.89. The van der Waals surface area contributed by atoms with Gasteiger partial charge in [-0.15, -0.1) is 0 Å². The molecule has 0 aliphatic carbocycles. The first kappa shape index (κ1) is 15.5. The number of carboxylic acids is 1. The molecule has 21 heavy (non-hydrogen) atoms. The number of hydrogen-bond acceptors (Lipinski definition) is 4. The summed E-state index contributed by atoms with van der Waals surface area (Å²) >= 11 is 0. The molecule has 1 aliphatic heterocycles. The van der Waals surface area contributed by atoms with E-state index in [1.807, 2.05) is 0 Å². The van der Waals surface area contributed by atoms with E-state index in [0.29, 0.717) is 19.4 Å². The van der Waals surface area contributed by atoms with Gasteiger partial charge in [-0.2, -0.15) is 4.31 Å². The molecule has 1 heterocycles. The minimum atomic E-state index is -3.74. The number of carbonyl (C=O) groups is 2. The molecular formula is C13H16N2O5S. The maximum Gasteiger partial charge on any atom is 0.335 e. The summed E-state index contributed by atoms with van der Waals surface area (Å²) in [6, 6.07) is 4.99. The largest absolute Gasteiger partial charge is 0.478 e. The molecule has 0 unspecified atom stereocenters. The fraction of sp³-hybridized carbons (Fsp3) is 0.385. The van der Waals surface area contributed by atoms with Gasteiger partial charge in [-0.05, 0) is 37.1 Å². The monoisotopic (exact) mass is 312 g/mol. The van der Waals surface area contributed by atoms with Gasteiger partial charge in [0, 0.05) is 13.1 Å². The number of rotatable bonds is 4. The molecule has 0 aromatic heterocycles. The van der Waals surface area contributed by atoms with Crippen LogP contribution in [-0.4, -0.2) is 42.8 Å². The van der Waals surface area contributed by atoms with Crippen molar-refractivity contribution in [2.45, 2.75) is 17.7 Å². The van der Waals surface area contributed by atoms with Gasteiger partial charge in [0.25, 0.3) is 0 Å². The van der Waals surface area contributed by atoms with Crippen molar-refractivity contribution < 1.29 is 23.1 Å². The SMILES string of the molecule is NC(=O)[C@H]1CCCN(S(=O)(=O)c2ccc(C(=O)O)cc2)C1. The van der Waals surface area contributed by atoms with Gasteiger partial charge < -0.3 is 10.8 Å². The van der Waals surface area contributed by atoms with E-state index in [1.54, 1.807) is 0 Å². The van der Waals surface area contributed by atoms with Crippen LogP contribution in [-0.2, 0) is 14.8 Å². The summed E-state index contributed by atoms with van der Waals surface area (Å²) in [4.78, 5) is 22.0. The van der Waals surface area contributed by atoms with Gasteiger partial charge in [0.05, 0.1) is 16.4 Å². The third kappa shape index (κ3) is 3.22. The number of piperidine rings is 1. The normalized spacial score (nSPS) is 20.1. The summed E-state index contributed by atoms with van der Waals surface area (Å²) in [5.74, 6) is -2.10. The molecule has 0 saturated carbocycles. The topological polar surface area (TPSA) is 118 Å². The highest BCUT2D eigenvalue weighted by Gasteiger charge is 2.32. The Labute approximate surface area is 122 Å². The molecule has 114 valence electrons. The Balaban J connectivity index is 2.24. The first-order valence-corrected chi connectivity index (χ1v) is 7.89. The molecular weight excluding hydrogens is 296 g/mol. The highest BCUT2D eigenvalue weighted by Crippen LogP contribution is 2.23. The first-order chi connectivity index (χ1) is 9.82. The van der Waals surface area contributed by atoms with Crippen LogP contribution in [0, 0.1) is 5.92 Å². The van der Waals surface area contributed by atoms with Crippen LogP contribution in [0.1, 0.15) is 23.2 Å². The number of primary amides is 1. The lowest BCUT2D eigenvalue weighted by atomic mass is 9.99. The van der Waals surface area contributed by atoms with Gasteiger partial charge in [0.15, 0.2) is 0 Å². The molecule has 1 aromatic rings. The minimum Gasteiger partial charge on any atom is -0.478 e. The lowest BCUT2D eigenvalue weighted by Crippen LogP contribution is -2.44. The molecule has 1 aromatic carbocycles. The van der Waals surface area contributed by atoms with Gasteiger partial charge in [-0.3, -0.25) is 4.79 Å². The summed E-state index contributed by atoms with van der Waals surface area (Å²) in [6.45, 7) is 0.394. The molecule has 1 amide bonds. The molecule has 0 spiro atoms. The number of carboxylic acid groups (broad SMARTS) is 1. The average molecular weight is 312 g/mol. The minimum absolute atomic E-state index is 0.0117. The van der Waals surface area contributed by atoms with Crippen molar-refractivity contribution in [2.24, 2.45) is 11.7 Å². The summed E-state index contributed by atoms with van der Waals surface area (Å²) in [6.07, 6.45) is 1.15. The number of nitrogens with zero attached hydrogens (tertiary/aromatic N) is 1. The second-order valence-corrected chi connectivity index (χ2v) is 6.87. The van der Waals surface area contributed by atoms with E-state index in [4.69, 9.17) is 10.8 Å². The van der Waals surface area contributed by atoms with Crippen molar-refractivity contribution in [1.82, 2.24) is 4.31 Å². The Bertz CT molecular complexity index is 654. The fourth-order valence-corrected chi connectivity index (χ4v) is 3.84. The van der Waals surface area contributed by atoms with Crippen molar-refractivity contribution in [3.05, 3.63) is 29.8 Å². The zero-order chi connectivity index (χ0) is 15.6. The number of amides is 1. The predicted octanol–water partition coefficient (Wildman–Crippen LogP) is 0.271. The lowest BCUT2D eigenvalue weighted by molar-refractivity contribution is -0.122. The van der Waals surface area contributed by atoms with E-state index < -0.39 is 27.8 Å². The molecule has 1 fully saturated rings. The molecule has 0 radical (unpaired) electrons. The van der Waals surface area contributed by atoms with E-state index in [-0.39, 0.29) is 17.0 Å². The van der Waals surface area contributed by atoms with Gasteiger partial charge in [-0.1, -0.05) is 0 Å². The predicted molar refractivity (Wildman–Crippen MR) is 74.1 cm³/mol. The Kier molecular flexibility index (Phi) is 4.29. The number of hydrogen-bond donors (Lipinski definition) is 2. The second kappa shape index (κ2) is 5.82.